The van der Waals surface area contributed by atoms with Crippen LogP contribution in [0.4, 0.5) is 0 Å². The number of hydrogen-bond donors (Lipinski definition) is 4. The first-order chi connectivity index (χ1) is 17.9. The van der Waals surface area contributed by atoms with Crippen molar-refractivity contribution in [2.24, 2.45) is 0 Å². The number of aromatic amines is 1. The lowest BCUT2D eigenvalue weighted by Gasteiger charge is -2.21. The third-order valence-corrected chi connectivity index (χ3v) is 6.76. The van der Waals surface area contributed by atoms with E-state index in [1.165, 1.54) is 0 Å². The number of fused-ring (bicyclic) bond motifs is 1. The quantitative estimate of drug-likeness (QED) is 0.255. The van der Waals surface area contributed by atoms with Gasteiger partial charge in [-0.2, -0.15) is 0 Å². The molecular weight excluding hydrogens is 490 g/mol. The number of thioether (sulfide) groups is 1. The molecule has 0 aliphatic carbocycles. The van der Waals surface area contributed by atoms with Crippen molar-refractivity contribution in [2.45, 2.75) is 18.5 Å². The monoisotopic (exact) mass is 515 g/mol. The largest absolute Gasteiger partial charge is 0.480 e. The summed E-state index contributed by atoms with van der Waals surface area (Å²) in [7, 11) is 0. The molecule has 0 spiro atoms. The van der Waals surface area contributed by atoms with Crippen LogP contribution in [0.2, 0.25) is 0 Å². The highest BCUT2D eigenvalue weighted by molar-refractivity contribution is 8.14. The van der Waals surface area contributed by atoms with E-state index < -0.39 is 29.9 Å². The molecule has 1 heterocycles. The number of carbonyl (C=O) groups is 4. The van der Waals surface area contributed by atoms with Crippen LogP contribution in [-0.4, -0.2) is 50.8 Å². The number of carbonyl (C=O) groups excluding carboxylic acids is 3. The number of nitrogens with one attached hydrogen (secondary N) is 3. The van der Waals surface area contributed by atoms with E-state index in [0.717, 1.165) is 28.2 Å². The van der Waals surface area contributed by atoms with Gasteiger partial charge >= 0.3 is 5.97 Å². The summed E-state index contributed by atoms with van der Waals surface area (Å²) >= 11 is 0.879. The summed E-state index contributed by atoms with van der Waals surface area (Å²) in [6.45, 7) is 0. The maximum atomic E-state index is 13.2. The molecular formula is C28H25N3O5S. The molecule has 0 aliphatic rings. The third-order valence-electron chi connectivity index (χ3n) is 5.76. The Bertz CT molecular complexity index is 1410. The highest BCUT2D eigenvalue weighted by Gasteiger charge is 2.28. The van der Waals surface area contributed by atoms with Crippen molar-refractivity contribution in [1.29, 1.82) is 0 Å². The maximum absolute atomic E-state index is 13.2. The number of rotatable bonds is 10. The van der Waals surface area contributed by atoms with Gasteiger partial charge in [-0.25, -0.2) is 4.79 Å². The predicted octanol–water partition coefficient (Wildman–Crippen LogP) is 3.65. The van der Waals surface area contributed by atoms with Crippen LogP contribution in [0.25, 0.3) is 10.9 Å². The zero-order valence-electron chi connectivity index (χ0n) is 19.7. The van der Waals surface area contributed by atoms with Gasteiger partial charge in [0.05, 0.1) is 0 Å². The highest BCUT2D eigenvalue weighted by atomic mass is 32.2. The number of carboxylic acid groups (broad SMARTS) is 1. The Morgan fingerprint density at radius 2 is 1.41 bits per heavy atom. The molecule has 4 rings (SSSR count). The van der Waals surface area contributed by atoms with Gasteiger partial charge in [0, 0.05) is 40.4 Å². The summed E-state index contributed by atoms with van der Waals surface area (Å²) in [6, 6.07) is 22.0. The fourth-order valence-electron chi connectivity index (χ4n) is 3.82. The lowest BCUT2D eigenvalue weighted by Crippen LogP contribution is -2.53. The molecule has 3 aromatic carbocycles. The van der Waals surface area contributed by atoms with Gasteiger partial charge in [0.25, 0.3) is 5.91 Å². The number of aliphatic carboxylic acids is 1. The average molecular weight is 516 g/mol. The number of para-hydroxylation sites is 1. The molecule has 0 fully saturated rings. The minimum atomic E-state index is -1.24. The van der Waals surface area contributed by atoms with E-state index in [0.29, 0.717) is 11.1 Å². The fourth-order valence-corrected chi connectivity index (χ4v) is 4.68. The molecule has 188 valence electrons. The summed E-state index contributed by atoms with van der Waals surface area (Å²) in [5.41, 5.74) is 2.40. The first-order valence-electron chi connectivity index (χ1n) is 11.6. The number of hydrogen-bond acceptors (Lipinski definition) is 5. The van der Waals surface area contributed by atoms with Crippen LogP contribution in [0.1, 0.15) is 26.3 Å². The molecule has 0 saturated carbocycles. The Hall–Kier alpha value is -4.37. The Balaban J connectivity index is 1.50. The summed E-state index contributed by atoms with van der Waals surface area (Å²) < 4.78 is 0. The van der Waals surface area contributed by atoms with E-state index in [2.05, 4.69) is 15.6 Å². The van der Waals surface area contributed by atoms with Gasteiger partial charge in [-0.3, -0.25) is 14.4 Å². The summed E-state index contributed by atoms with van der Waals surface area (Å²) in [5.74, 6) is -2.47. The second-order valence-electron chi connectivity index (χ2n) is 8.32. The van der Waals surface area contributed by atoms with Gasteiger partial charge in [0.15, 0.2) is 0 Å². The molecule has 37 heavy (non-hydrogen) atoms. The lowest BCUT2D eigenvalue weighted by molar-refractivity contribution is -0.141. The van der Waals surface area contributed by atoms with Gasteiger partial charge in [-0.1, -0.05) is 78.5 Å². The SMILES string of the molecule is O=C(N[C@H](CSC(=O)c1ccccc1)C(=O)NC(Cc1c[nH]c2ccccc12)C(=O)O)c1ccccc1. The molecule has 0 bridgehead atoms. The molecule has 2 amide bonds. The van der Waals surface area contributed by atoms with Crippen LogP contribution in [0.3, 0.4) is 0 Å². The molecule has 8 nitrogen and oxygen atoms in total. The van der Waals surface area contributed by atoms with Crippen molar-refractivity contribution in [1.82, 2.24) is 15.6 Å². The number of aromatic nitrogens is 1. The van der Waals surface area contributed by atoms with E-state index in [1.807, 2.05) is 24.3 Å². The second kappa shape index (κ2) is 12.0. The minimum absolute atomic E-state index is 0.0422. The fraction of sp³-hybridized carbons (Fsp3) is 0.143. The van der Waals surface area contributed by atoms with E-state index in [-0.39, 0.29) is 17.3 Å². The zero-order chi connectivity index (χ0) is 26.2. The first-order valence-corrected chi connectivity index (χ1v) is 12.6. The molecule has 9 heteroatoms. The van der Waals surface area contributed by atoms with Gasteiger partial charge < -0.3 is 20.7 Å². The van der Waals surface area contributed by atoms with Gasteiger partial charge in [-0.15, -0.1) is 0 Å². The Labute approximate surface area is 217 Å². The summed E-state index contributed by atoms with van der Waals surface area (Å²) in [6.07, 6.45) is 1.76. The predicted molar refractivity (Wildman–Crippen MR) is 142 cm³/mol. The Kier molecular flexibility index (Phi) is 8.37. The number of carboxylic acids is 1. The van der Waals surface area contributed by atoms with Crippen LogP contribution in [0, 0.1) is 0 Å². The van der Waals surface area contributed by atoms with Crippen molar-refractivity contribution in [3.05, 3.63) is 108 Å². The van der Waals surface area contributed by atoms with Crippen molar-refractivity contribution < 1.29 is 24.3 Å². The van der Waals surface area contributed by atoms with Crippen molar-refractivity contribution >= 4 is 45.6 Å². The molecule has 4 N–H and O–H groups in total. The summed E-state index contributed by atoms with van der Waals surface area (Å²) in [5, 5.41) is 15.6. The summed E-state index contributed by atoms with van der Waals surface area (Å²) in [4.78, 5) is 53.8. The van der Waals surface area contributed by atoms with E-state index >= 15 is 0 Å². The van der Waals surface area contributed by atoms with Gasteiger partial charge in [-0.05, 0) is 23.8 Å². The number of benzene rings is 3. The van der Waals surface area contributed by atoms with Crippen molar-refractivity contribution in [2.75, 3.05) is 5.75 Å². The molecule has 0 aliphatic heterocycles. The van der Waals surface area contributed by atoms with Crippen LogP contribution in [-0.2, 0) is 16.0 Å². The molecule has 1 unspecified atom stereocenters. The van der Waals surface area contributed by atoms with Crippen LogP contribution in [0.15, 0.2) is 91.1 Å². The van der Waals surface area contributed by atoms with Gasteiger partial charge in [0.2, 0.25) is 11.0 Å². The van der Waals surface area contributed by atoms with Crippen molar-refractivity contribution in [3.8, 4) is 0 Å². The zero-order valence-corrected chi connectivity index (χ0v) is 20.5. The third kappa shape index (κ3) is 6.65. The lowest BCUT2D eigenvalue weighted by atomic mass is 10.0. The second-order valence-corrected chi connectivity index (χ2v) is 9.31. The maximum Gasteiger partial charge on any atom is 0.326 e. The molecule has 1 aromatic heterocycles. The number of H-pyrrole nitrogens is 1. The Morgan fingerprint density at radius 3 is 2.08 bits per heavy atom. The van der Waals surface area contributed by atoms with Gasteiger partial charge in [0.1, 0.15) is 12.1 Å². The smallest absolute Gasteiger partial charge is 0.326 e. The average Bonchev–Trinajstić information content (AvgIpc) is 3.34. The van der Waals surface area contributed by atoms with E-state index in [1.54, 1.807) is 66.9 Å². The minimum Gasteiger partial charge on any atom is -0.480 e. The topological polar surface area (TPSA) is 128 Å². The highest BCUT2D eigenvalue weighted by Crippen LogP contribution is 2.19. The molecule has 0 radical (unpaired) electrons. The van der Waals surface area contributed by atoms with Crippen molar-refractivity contribution in [3.63, 3.8) is 0 Å². The van der Waals surface area contributed by atoms with E-state index in [9.17, 15) is 24.3 Å². The van der Waals surface area contributed by atoms with Crippen LogP contribution >= 0.6 is 11.8 Å². The standard InChI is InChI=1S/C28H25N3O5S/c32-25(18-9-3-1-4-10-18)31-24(17-37-28(36)19-11-5-2-6-12-19)26(33)30-23(27(34)35)15-20-16-29-22-14-8-7-13-21(20)22/h1-14,16,23-24,29H,15,17H2,(H,30,33)(H,31,32)(H,34,35)/t23?,24-/m1/s1. The number of amides is 2. The first kappa shape index (κ1) is 25.7. The Morgan fingerprint density at radius 1 is 0.784 bits per heavy atom. The molecule has 0 saturated heterocycles. The normalized spacial score (nSPS) is 12.4. The van der Waals surface area contributed by atoms with Crippen LogP contribution < -0.4 is 10.6 Å². The molecule has 4 aromatic rings. The molecule has 2 atom stereocenters. The van der Waals surface area contributed by atoms with Crippen LogP contribution in [0.5, 0.6) is 0 Å². The van der Waals surface area contributed by atoms with E-state index in [4.69, 9.17) is 0 Å².